The monoisotopic (exact) mass is 371 g/mol. The zero-order chi connectivity index (χ0) is 17.8. The van der Waals surface area contributed by atoms with E-state index in [1.807, 2.05) is 24.3 Å². The van der Waals surface area contributed by atoms with Crippen molar-refractivity contribution in [3.05, 3.63) is 84.2 Å². The number of Topliss-reactive ketones (excluding diaryl/α,β-unsaturated/α-hetero) is 1. The van der Waals surface area contributed by atoms with Gasteiger partial charge in [-0.3, -0.25) is 9.59 Å². The number of nitrogens with one attached hydrogen (secondary N) is 1. The summed E-state index contributed by atoms with van der Waals surface area (Å²) < 4.78 is 6.28. The first kappa shape index (κ1) is 17.2. The van der Waals surface area contributed by atoms with Crippen molar-refractivity contribution in [3.8, 4) is 5.75 Å². The van der Waals surface area contributed by atoms with Crippen molar-refractivity contribution >= 4 is 40.9 Å². The Bertz CT molecular complexity index is 1080. The molecule has 2 aromatic carbocycles. The summed E-state index contributed by atoms with van der Waals surface area (Å²) in [7, 11) is 1.58. The zero-order valence-corrected chi connectivity index (χ0v) is 14.9. The molecule has 0 amide bonds. The Balaban J connectivity index is 2.00. The van der Waals surface area contributed by atoms with Gasteiger partial charge in [0.1, 0.15) is 5.75 Å². The summed E-state index contributed by atoms with van der Waals surface area (Å²) in [4.78, 5) is 27.1. The van der Waals surface area contributed by atoms with Gasteiger partial charge >= 0.3 is 0 Å². The molecule has 0 aliphatic carbocycles. The van der Waals surface area contributed by atoms with Gasteiger partial charge in [-0.2, -0.15) is 0 Å². The fourth-order valence-electron chi connectivity index (χ4n) is 2.27. The lowest BCUT2D eigenvalue weighted by Gasteiger charge is -2.02. The molecule has 6 heteroatoms. The predicted molar refractivity (Wildman–Crippen MR) is 101 cm³/mol. The Morgan fingerprint density at radius 3 is 2.60 bits per heavy atom. The van der Waals surface area contributed by atoms with Crippen molar-refractivity contribution in [1.29, 1.82) is 0 Å². The van der Waals surface area contributed by atoms with E-state index in [0.717, 1.165) is 5.56 Å². The first-order valence-electron chi connectivity index (χ1n) is 7.42. The van der Waals surface area contributed by atoms with E-state index in [1.54, 1.807) is 37.5 Å². The predicted octanol–water partition coefficient (Wildman–Crippen LogP) is 2.59. The molecule has 0 aliphatic rings. The molecule has 0 unspecified atom stereocenters. The van der Waals surface area contributed by atoms with E-state index in [0.29, 0.717) is 25.5 Å². The maximum Gasteiger partial charge on any atom is 0.266 e. The third-order valence-electron chi connectivity index (χ3n) is 3.50. The lowest BCUT2D eigenvalue weighted by molar-refractivity contribution is 0.106. The van der Waals surface area contributed by atoms with Gasteiger partial charge in [-0.15, -0.1) is 11.3 Å². The number of para-hydroxylation sites is 1. The molecule has 0 saturated heterocycles. The van der Waals surface area contributed by atoms with Crippen LogP contribution in [-0.4, -0.2) is 17.9 Å². The van der Waals surface area contributed by atoms with Crippen molar-refractivity contribution < 1.29 is 9.53 Å². The molecule has 3 rings (SSSR count). The van der Waals surface area contributed by atoms with Crippen molar-refractivity contribution in [2.24, 2.45) is 0 Å². The van der Waals surface area contributed by atoms with Gasteiger partial charge in [-0.1, -0.05) is 29.8 Å². The van der Waals surface area contributed by atoms with E-state index >= 15 is 0 Å². The minimum absolute atomic E-state index is 0.196. The maximum atomic E-state index is 12.3. The number of aromatic amines is 1. The standard InChI is InChI=1S/C19H14ClNO3S/c1-24-16-5-3-2-4-13(16)10-17-19(23)21-18(25-17)11-15(22)12-6-8-14(20)9-7-12/h2-11H,1H3,(H,21,23)/b17-10-,18-11-. The van der Waals surface area contributed by atoms with E-state index < -0.39 is 0 Å². The van der Waals surface area contributed by atoms with E-state index in [1.165, 1.54) is 17.4 Å². The number of ketones is 1. The summed E-state index contributed by atoms with van der Waals surface area (Å²) >= 11 is 7.04. The molecule has 4 nitrogen and oxygen atoms in total. The van der Waals surface area contributed by atoms with Crippen LogP contribution in [0.1, 0.15) is 15.9 Å². The number of hydrogen-bond acceptors (Lipinski definition) is 4. The van der Waals surface area contributed by atoms with Crippen molar-refractivity contribution in [2.45, 2.75) is 0 Å². The van der Waals surface area contributed by atoms with E-state index in [4.69, 9.17) is 16.3 Å². The van der Waals surface area contributed by atoms with Crippen LogP contribution in [0.15, 0.2) is 53.3 Å². The maximum absolute atomic E-state index is 12.3. The average molecular weight is 372 g/mol. The SMILES string of the molecule is COc1ccccc1/C=c1\s/c(=C\C(=O)c2ccc(Cl)cc2)[nH]c1=O. The summed E-state index contributed by atoms with van der Waals surface area (Å²) in [6, 6.07) is 14.0. The molecule has 0 bridgehead atoms. The van der Waals surface area contributed by atoms with Gasteiger partial charge in [0.15, 0.2) is 5.78 Å². The molecule has 0 radical (unpaired) electrons. The number of benzene rings is 2. The zero-order valence-electron chi connectivity index (χ0n) is 13.3. The third-order valence-corrected chi connectivity index (χ3v) is 4.71. The van der Waals surface area contributed by atoms with Gasteiger partial charge in [-0.25, -0.2) is 0 Å². The highest BCUT2D eigenvalue weighted by Gasteiger charge is 2.04. The van der Waals surface area contributed by atoms with Crippen molar-refractivity contribution in [1.82, 2.24) is 4.98 Å². The minimum Gasteiger partial charge on any atom is -0.496 e. The fourth-order valence-corrected chi connectivity index (χ4v) is 3.27. The minimum atomic E-state index is -0.244. The highest BCUT2D eigenvalue weighted by molar-refractivity contribution is 7.07. The second kappa shape index (κ2) is 7.51. The van der Waals surface area contributed by atoms with Crippen LogP contribution in [0.25, 0.3) is 12.2 Å². The number of methoxy groups -OCH3 is 1. The molecule has 1 aromatic heterocycles. The molecule has 0 fully saturated rings. The number of rotatable bonds is 4. The van der Waals surface area contributed by atoms with Gasteiger partial charge in [0.05, 0.1) is 16.3 Å². The summed E-state index contributed by atoms with van der Waals surface area (Å²) in [5, 5.41) is 0.565. The van der Waals surface area contributed by atoms with Gasteiger partial charge in [0.25, 0.3) is 5.56 Å². The number of aromatic nitrogens is 1. The van der Waals surface area contributed by atoms with Crippen molar-refractivity contribution in [2.75, 3.05) is 7.11 Å². The van der Waals surface area contributed by atoms with Gasteiger partial charge in [0, 0.05) is 22.2 Å². The highest BCUT2D eigenvalue weighted by atomic mass is 35.5. The Kier molecular flexibility index (Phi) is 5.16. The van der Waals surface area contributed by atoms with Crippen LogP contribution in [0.4, 0.5) is 0 Å². The van der Waals surface area contributed by atoms with Crippen LogP contribution in [-0.2, 0) is 0 Å². The highest BCUT2D eigenvalue weighted by Crippen LogP contribution is 2.17. The Hall–Kier alpha value is -2.63. The Morgan fingerprint density at radius 2 is 1.88 bits per heavy atom. The van der Waals surface area contributed by atoms with Crippen LogP contribution < -0.4 is 19.5 Å². The van der Waals surface area contributed by atoms with Gasteiger partial charge < -0.3 is 9.72 Å². The molecule has 1 heterocycles. The summed E-state index contributed by atoms with van der Waals surface area (Å²) in [5.41, 5.74) is 1.06. The fraction of sp³-hybridized carbons (Fsp3) is 0.0526. The Morgan fingerprint density at radius 1 is 1.16 bits per heavy atom. The van der Waals surface area contributed by atoms with Gasteiger partial charge in [-0.05, 0) is 36.4 Å². The number of carbonyl (C=O) groups excluding carboxylic acids is 1. The molecule has 0 spiro atoms. The Labute approximate surface area is 152 Å². The lowest BCUT2D eigenvalue weighted by Crippen LogP contribution is -2.20. The van der Waals surface area contributed by atoms with E-state index in [9.17, 15) is 9.59 Å². The average Bonchev–Trinajstić information content (AvgIpc) is 2.95. The smallest absolute Gasteiger partial charge is 0.266 e. The lowest BCUT2D eigenvalue weighted by atomic mass is 10.1. The molecule has 0 atom stereocenters. The topological polar surface area (TPSA) is 59.2 Å². The second-order valence-corrected chi connectivity index (χ2v) is 6.71. The molecule has 0 saturated carbocycles. The normalized spacial score (nSPS) is 12.4. The molecular weight excluding hydrogens is 358 g/mol. The summed E-state index contributed by atoms with van der Waals surface area (Å²) in [6.45, 7) is 0. The second-order valence-electron chi connectivity index (χ2n) is 5.19. The molecular formula is C19H14ClNO3S. The van der Waals surface area contributed by atoms with Crippen LogP contribution in [0.5, 0.6) is 5.75 Å². The quantitative estimate of drug-likeness (QED) is 0.717. The number of thiazole rings is 1. The molecule has 3 aromatic rings. The third kappa shape index (κ3) is 4.07. The molecule has 25 heavy (non-hydrogen) atoms. The van der Waals surface area contributed by atoms with Crippen LogP contribution in [0.2, 0.25) is 5.02 Å². The number of carbonyl (C=O) groups is 1. The number of hydrogen-bond donors (Lipinski definition) is 1. The summed E-state index contributed by atoms with van der Waals surface area (Å²) in [5.74, 6) is 0.482. The molecule has 126 valence electrons. The van der Waals surface area contributed by atoms with Crippen LogP contribution in [0, 0.1) is 0 Å². The number of halogens is 1. The van der Waals surface area contributed by atoms with E-state index in [-0.39, 0.29) is 11.3 Å². The van der Waals surface area contributed by atoms with Gasteiger partial charge in [0.2, 0.25) is 0 Å². The first-order valence-corrected chi connectivity index (χ1v) is 8.62. The van der Waals surface area contributed by atoms with Crippen LogP contribution in [0.3, 0.4) is 0 Å². The van der Waals surface area contributed by atoms with E-state index in [2.05, 4.69) is 4.98 Å². The number of H-pyrrole nitrogens is 1. The number of ether oxygens (including phenoxy) is 1. The molecule has 0 aliphatic heterocycles. The summed E-state index contributed by atoms with van der Waals surface area (Å²) in [6.07, 6.45) is 3.15. The van der Waals surface area contributed by atoms with Crippen LogP contribution >= 0.6 is 22.9 Å². The first-order chi connectivity index (χ1) is 12.1. The van der Waals surface area contributed by atoms with Crippen molar-refractivity contribution in [3.63, 3.8) is 0 Å². The largest absolute Gasteiger partial charge is 0.496 e. The molecule has 1 N–H and O–H groups in total.